The molecule has 4 heteroatoms. The van der Waals surface area contributed by atoms with Crippen LogP contribution in [0.3, 0.4) is 0 Å². The van der Waals surface area contributed by atoms with Crippen LogP contribution in [0.1, 0.15) is 38.2 Å². The molecular formula is C17H26ClN2O+. The van der Waals surface area contributed by atoms with Crippen LogP contribution in [-0.2, 0) is 11.3 Å². The Kier molecular flexibility index (Phi) is 6.07. The summed E-state index contributed by atoms with van der Waals surface area (Å²) in [6, 6.07) is 8.19. The van der Waals surface area contributed by atoms with E-state index in [-0.39, 0.29) is 5.91 Å². The second-order valence-electron chi connectivity index (χ2n) is 6.34. The fourth-order valence-corrected chi connectivity index (χ4v) is 3.29. The van der Waals surface area contributed by atoms with E-state index >= 15 is 0 Å². The van der Waals surface area contributed by atoms with Gasteiger partial charge in [-0.1, -0.05) is 49.6 Å². The van der Waals surface area contributed by atoms with Crippen LogP contribution in [0, 0.1) is 5.92 Å². The third-order valence-corrected chi connectivity index (χ3v) is 4.74. The number of rotatable bonds is 5. The number of quaternary nitrogens is 1. The molecule has 1 unspecified atom stereocenters. The standard InChI is InChI=1S/C17H25ClN2O/c1-13-7-3-6-10-16(13)19-17(21)12-20(2)11-14-8-4-5-9-15(14)18/h4-5,8-9,13,16H,3,6-7,10-12H2,1-2H3,(H,19,21)/p+1/t13-,16+/m1/s1. The van der Waals surface area contributed by atoms with Crippen LogP contribution in [0.5, 0.6) is 0 Å². The van der Waals surface area contributed by atoms with Crippen LogP contribution in [0.2, 0.25) is 5.02 Å². The first-order valence-electron chi connectivity index (χ1n) is 7.90. The van der Waals surface area contributed by atoms with Gasteiger partial charge in [0.2, 0.25) is 0 Å². The average Bonchev–Trinajstić information content (AvgIpc) is 2.44. The number of carbonyl (C=O) groups is 1. The van der Waals surface area contributed by atoms with E-state index in [9.17, 15) is 4.79 Å². The van der Waals surface area contributed by atoms with Crippen molar-refractivity contribution >= 4 is 17.5 Å². The summed E-state index contributed by atoms with van der Waals surface area (Å²) in [6.45, 7) is 3.51. The van der Waals surface area contributed by atoms with Crippen molar-refractivity contribution in [2.75, 3.05) is 13.6 Å². The minimum atomic E-state index is 0.151. The smallest absolute Gasteiger partial charge is 0.275 e. The number of amides is 1. The Morgan fingerprint density at radius 2 is 2.05 bits per heavy atom. The highest BCUT2D eigenvalue weighted by molar-refractivity contribution is 6.31. The molecule has 3 atom stereocenters. The lowest BCUT2D eigenvalue weighted by molar-refractivity contribution is -0.885. The highest BCUT2D eigenvalue weighted by Gasteiger charge is 2.23. The van der Waals surface area contributed by atoms with Crippen molar-refractivity contribution in [3.63, 3.8) is 0 Å². The lowest BCUT2D eigenvalue weighted by Crippen LogP contribution is -3.09. The minimum absolute atomic E-state index is 0.151. The topological polar surface area (TPSA) is 33.5 Å². The fraction of sp³-hybridized carbons (Fsp3) is 0.588. The van der Waals surface area contributed by atoms with Gasteiger partial charge in [0, 0.05) is 16.6 Å². The van der Waals surface area contributed by atoms with Gasteiger partial charge in [0.25, 0.3) is 5.91 Å². The predicted molar refractivity (Wildman–Crippen MR) is 86.5 cm³/mol. The number of hydrogen-bond acceptors (Lipinski definition) is 1. The minimum Gasteiger partial charge on any atom is -0.348 e. The van der Waals surface area contributed by atoms with E-state index in [4.69, 9.17) is 11.6 Å². The van der Waals surface area contributed by atoms with Crippen molar-refractivity contribution in [2.24, 2.45) is 5.92 Å². The number of carbonyl (C=O) groups excluding carboxylic acids is 1. The average molecular weight is 310 g/mol. The second kappa shape index (κ2) is 7.81. The Bertz CT molecular complexity index is 478. The van der Waals surface area contributed by atoms with Gasteiger partial charge in [0.05, 0.1) is 7.05 Å². The third kappa shape index (κ3) is 5.01. The van der Waals surface area contributed by atoms with Gasteiger partial charge in [0.1, 0.15) is 6.54 Å². The molecule has 1 aliphatic carbocycles. The van der Waals surface area contributed by atoms with Gasteiger partial charge >= 0.3 is 0 Å². The second-order valence-corrected chi connectivity index (χ2v) is 6.75. The fourth-order valence-electron chi connectivity index (χ4n) is 3.09. The molecule has 0 heterocycles. The molecule has 1 saturated carbocycles. The van der Waals surface area contributed by atoms with Crippen molar-refractivity contribution < 1.29 is 9.69 Å². The summed E-state index contributed by atoms with van der Waals surface area (Å²) in [4.78, 5) is 13.3. The van der Waals surface area contributed by atoms with Crippen LogP contribution in [-0.4, -0.2) is 25.5 Å². The lowest BCUT2D eigenvalue weighted by atomic mass is 9.86. The summed E-state index contributed by atoms with van der Waals surface area (Å²) in [5.41, 5.74) is 1.09. The zero-order valence-corrected chi connectivity index (χ0v) is 13.7. The van der Waals surface area contributed by atoms with Crippen molar-refractivity contribution in [3.05, 3.63) is 34.9 Å². The van der Waals surface area contributed by atoms with Crippen molar-refractivity contribution in [3.8, 4) is 0 Å². The maximum absolute atomic E-state index is 12.2. The highest BCUT2D eigenvalue weighted by Crippen LogP contribution is 2.23. The molecule has 116 valence electrons. The van der Waals surface area contributed by atoms with Gasteiger partial charge in [-0.25, -0.2) is 0 Å². The normalized spacial score (nSPS) is 23.6. The molecule has 0 spiro atoms. The van der Waals surface area contributed by atoms with Gasteiger partial charge in [-0.05, 0) is 24.8 Å². The first-order chi connectivity index (χ1) is 10.1. The Morgan fingerprint density at radius 1 is 1.33 bits per heavy atom. The van der Waals surface area contributed by atoms with Crippen molar-refractivity contribution in [2.45, 2.75) is 45.2 Å². The van der Waals surface area contributed by atoms with Crippen LogP contribution in [0.4, 0.5) is 0 Å². The number of halogens is 1. The Hall–Kier alpha value is -1.06. The van der Waals surface area contributed by atoms with E-state index in [1.807, 2.05) is 31.3 Å². The summed E-state index contributed by atoms with van der Waals surface area (Å²) < 4.78 is 0. The molecule has 2 rings (SSSR count). The third-order valence-electron chi connectivity index (χ3n) is 4.37. The summed E-state index contributed by atoms with van der Waals surface area (Å²) in [7, 11) is 2.03. The quantitative estimate of drug-likeness (QED) is 0.857. The van der Waals surface area contributed by atoms with Crippen molar-refractivity contribution in [1.29, 1.82) is 0 Å². The molecule has 0 aromatic heterocycles. The molecule has 2 N–H and O–H groups in total. The molecule has 1 fully saturated rings. The maximum Gasteiger partial charge on any atom is 0.275 e. The first kappa shape index (κ1) is 16.3. The predicted octanol–water partition coefficient (Wildman–Crippen LogP) is 2.05. The molecule has 3 nitrogen and oxygen atoms in total. The van der Waals surface area contributed by atoms with Crippen LogP contribution < -0.4 is 10.2 Å². The maximum atomic E-state index is 12.2. The van der Waals surface area contributed by atoms with Crippen molar-refractivity contribution in [1.82, 2.24) is 5.32 Å². The van der Waals surface area contributed by atoms with E-state index in [1.165, 1.54) is 19.3 Å². The largest absolute Gasteiger partial charge is 0.348 e. The molecule has 21 heavy (non-hydrogen) atoms. The number of likely N-dealkylation sites (N-methyl/N-ethyl adjacent to an activating group) is 1. The van der Waals surface area contributed by atoms with Gasteiger partial charge in [-0.2, -0.15) is 0 Å². The molecule has 1 amide bonds. The molecule has 1 aliphatic rings. The van der Waals surface area contributed by atoms with E-state index in [1.54, 1.807) is 0 Å². The number of nitrogens with one attached hydrogen (secondary N) is 2. The van der Waals surface area contributed by atoms with Crippen LogP contribution in [0.15, 0.2) is 24.3 Å². The van der Waals surface area contributed by atoms with E-state index in [0.717, 1.165) is 28.5 Å². The SMILES string of the molecule is C[C@@H]1CCCC[C@@H]1NC(=O)C[NH+](C)Cc1ccccc1Cl. The zero-order chi connectivity index (χ0) is 15.2. The number of benzene rings is 1. The molecule has 1 aromatic carbocycles. The number of hydrogen-bond donors (Lipinski definition) is 2. The monoisotopic (exact) mass is 309 g/mol. The Labute approximate surface area is 132 Å². The van der Waals surface area contributed by atoms with Gasteiger partial charge in [-0.15, -0.1) is 0 Å². The Morgan fingerprint density at radius 3 is 2.76 bits per heavy atom. The Balaban J connectivity index is 1.80. The van der Waals surface area contributed by atoms with Gasteiger partial charge in [0.15, 0.2) is 6.54 Å². The lowest BCUT2D eigenvalue weighted by Gasteiger charge is -2.29. The molecule has 1 aromatic rings. The zero-order valence-electron chi connectivity index (χ0n) is 13.0. The van der Waals surface area contributed by atoms with Crippen LogP contribution in [0.25, 0.3) is 0 Å². The molecule has 0 bridgehead atoms. The van der Waals surface area contributed by atoms with Gasteiger partial charge < -0.3 is 10.2 Å². The first-order valence-corrected chi connectivity index (χ1v) is 8.28. The molecule has 0 aliphatic heterocycles. The van der Waals surface area contributed by atoms with E-state index in [0.29, 0.717) is 18.5 Å². The van der Waals surface area contributed by atoms with Crippen LogP contribution >= 0.6 is 11.6 Å². The molecular weight excluding hydrogens is 284 g/mol. The summed E-state index contributed by atoms with van der Waals surface area (Å²) >= 11 is 6.17. The summed E-state index contributed by atoms with van der Waals surface area (Å²) in [5, 5.41) is 3.98. The van der Waals surface area contributed by atoms with E-state index < -0.39 is 0 Å². The summed E-state index contributed by atoms with van der Waals surface area (Å²) in [5.74, 6) is 0.755. The molecule has 0 saturated heterocycles. The van der Waals surface area contributed by atoms with Gasteiger partial charge in [-0.3, -0.25) is 4.79 Å². The van der Waals surface area contributed by atoms with E-state index in [2.05, 4.69) is 12.2 Å². The highest BCUT2D eigenvalue weighted by atomic mass is 35.5. The molecule has 0 radical (unpaired) electrons. The summed E-state index contributed by atoms with van der Waals surface area (Å²) in [6.07, 6.45) is 4.88.